The van der Waals surface area contributed by atoms with E-state index in [0.29, 0.717) is 12.0 Å². The molecule has 1 aromatic carbocycles. The molecular formula is C17H22N4. The molecule has 1 atom stereocenters. The van der Waals surface area contributed by atoms with E-state index in [9.17, 15) is 0 Å². The van der Waals surface area contributed by atoms with Crippen LogP contribution in [0.4, 0.5) is 17.5 Å². The van der Waals surface area contributed by atoms with Crippen LogP contribution in [-0.4, -0.2) is 22.6 Å². The lowest BCUT2D eigenvalue weighted by Crippen LogP contribution is -2.34. The summed E-state index contributed by atoms with van der Waals surface area (Å²) in [6, 6.07) is 9.08. The fourth-order valence-corrected chi connectivity index (χ4v) is 2.93. The van der Waals surface area contributed by atoms with E-state index in [0.717, 1.165) is 30.8 Å². The monoisotopic (exact) mass is 282 g/mol. The third kappa shape index (κ3) is 2.58. The molecule has 21 heavy (non-hydrogen) atoms. The molecule has 2 heterocycles. The molecule has 0 spiro atoms. The Kier molecular flexibility index (Phi) is 3.78. The molecule has 0 bridgehead atoms. The van der Waals surface area contributed by atoms with Crippen LogP contribution in [0.15, 0.2) is 30.5 Å². The van der Waals surface area contributed by atoms with Gasteiger partial charge in [0.2, 0.25) is 5.95 Å². The molecule has 1 aliphatic rings. The summed E-state index contributed by atoms with van der Waals surface area (Å²) in [5.41, 5.74) is 3.79. The lowest BCUT2D eigenvalue weighted by atomic mass is 9.96. The molecule has 4 nitrogen and oxygen atoms in total. The fourth-order valence-electron chi connectivity index (χ4n) is 2.93. The van der Waals surface area contributed by atoms with Crippen LogP contribution in [0, 0.1) is 6.92 Å². The highest BCUT2D eigenvalue weighted by Gasteiger charge is 2.26. The molecule has 0 saturated heterocycles. The van der Waals surface area contributed by atoms with Crippen molar-refractivity contribution in [2.45, 2.75) is 39.7 Å². The summed E-state index contributed by atoms with van der Waals surface area (Å²) >= 11 is 0. The first-order valence-electron chi connectivity index (χ1n) is 7.65. The van der Waals surface area contributed by atoms with Gasteiger partial charge in [-0.3, -0.25) is 0 Å². The van der Waals surface area contributed by atoms with Crippen LogP contribution in [0.2, 0.25) is 0 Å². The first-order valence-corrected chi connectivity index (χ1v) is 7.65. The average molecular weight is 282 g/mol. The molecule has 110 valence electrons. The Labute approximate surface area is 126 Å². The van der Waals surface area contributed by atoms with Crippen molar-refractivity contribution in [1.82, 2.24) is 9.97 Å². The van der Waals surface area contributed by atoms with Crippen LogP contribution in [0.25, 0.3) is 0 Å². The molecular weight excluding hydrogens is 260 g/mol. The van der Waals surface area contributed by atoms with E-state index in [2.05, 4.69) is 60.2 Å². The number of fused-ring (bicyclic) bond motifs is 1. The van der Waals surface area contributed by atoms with E-state index >= 15 is 0 Å². The molecule has 2 aromatic rings. The normalized spacial score (nSPS) is 17.5. The predicted octanol–water partition coefficient (Wildman–Crippen LogP) is 3.69. The van der Waals surface area contributed by atoms with Gasteiger partial charge in [0, 0.05) is 30.0 Å². The van der Waals surface area contributed by atoms with Crippen molar-refractivity contribution in [3.8, 4) is 0 Å². The zero-order valence-corrected chi connectivity index (χ0v) is 12.9. The molecule has 3 rings (SSSR count). The third-order valence-electron chi connectivity index (χ3n) is 4.03. The van der Waals surface area contributed by atoms with Gasteiger partial charge in [0.05, 0.1) is 0 Å². The number of hydrogen-bond donors (Lipinski definition) is 1. The number of aryl methyl sites for hydroxylation is 2. The fraction of sp³-hybridized carbons (Fsp3) is 0.412. The van der Waals surface area contributed by atoms with Gasteiger partial charge in [-0.2, -0.15) is 4.98 Å². The largest absolute Gasteiger partial charge is 0.354 e. The molecule has 1 aliphatic heterocycles. The Bertz CT molecular complexity index is 638. The molecule has 0 radical (unpaired) electrons. The van der Waals surface area contributed by atoms with Gasteiger partial charge >= 0.3 is 0 Å². The lowest BCUT2D eigenvalue weighted by Gasteiger charge is -2.37. The second-order valence-electron chi connectivity index (χ2n) is 5.62. The quantitative estimate of drug-likeness (QED) is 0.932. The second-order valence-corrected chi connectivity index (χ2v) is 5.62. The maximum atomic E-state index is 4.74. The van der Waals surface area contributed by atoms with Crippen LogP contribution in [0.3, 0.4) is 0 Å². The molecule has 0 amide bonds. The Morgan fingerprint density at radius 2 is 2.14 bits per heavy atom. The highest BCUT2D eigenvalue weighted by atomic mass is 15.3. The average Bonchev–Trinajstić information content (AvgIpc) is 2.50. The van der Waals surface area contributed by atoms with Crippen molar-refractivity contribution in [2.24, 2.45) is 0 Å². The molecule has 0 fully saturated rings. The number of benzene rings is 1. The van der Waals surface area contributed by atoms with Crippen molar-refractivity contribution >= 4 is 17.5 Å². The topological polar surface area (TPSA) is 41.1 Å². The summed E-state index contributed by atoms with van der Waals surface area (Å²) in [5, 5.41) is 3.20. The summed E-state index contributed by atoms with van der Waals surface area (Å²) in [4.78, 5) is 11.5. The summed E-state index contributed by atoms with van der Waals surface area (Å²) in [6.45, 7) is 7.23. The number of anilines is 3. The van der Waals surface area contributed by atoms with Crippen molar-refractivity contribution in [3.05, 3.63) is 41.6 Å². The van der Waals surface area contributed by atoms with E-state index in [1.807, 2.05) is 6.20 Å². The van der Waals surface area contributed by atoms with Gasteiger partial charge in [0.25, 0.3) is 0 Å². The first kappa shape index (κ1) is 13.9. The minimum absolute atomic E-state index is 0.447. The zero-order chi connectivity index (χ0) is 14.8. The van der Waals surface area contributed by atoms with Crippen LogP contribution in [0.1, 0.15) is 31.4 Å². The lowest BCUT2D eigenvalue weighted by molar-refractivity contribution is 0.612. The highest BCUT2D eigenvalue weighted by Crippen LogP contribution is 2.37. The van der Waals surface area contributed by atoms with Gasteiger partial charge in [0.15, 0.2) is 0 Å². The van der Waals surface area contributed by atoms with Crippen LogP contribution in [0.5, 0.6) is 0 Å². The van der Waals surface area contributed by atoms with E-state index in [1.165, 1.54) is 11.3 Å². The number of aromatic nitrogens is 2. The Morgan fingerprint density at radius 3 is 2.95 bits per heavy atom. The zero-order valence-electron chi connectivity index (χ0n) is 12.9. The second kappa shape index (κ2) is 5.72. The Hall–Kier alpha value is -2.10. The Balaban J connectivity index is 2.08. The van der Waals surface area contributed by atoms with E-state index in [1.54, 1.807) is 0 Å². The smallest absolute Gasteiger partial charge is 0.224 e. The summed E-state index contributed by atoms with van der Waals surface area (Å²) in [5.74, 6) is 1.72. The number of rotatable bonds is 3. The standard InChI is InChI=1S/C17H22N4/c1-4-18-17-19-11-12(2)16(20-17)21-13(3)9-10-14-7-5-6-8-15(14)21/h5-8,11,13H,4,9-10H2,1-3H3,(H,18,19,20). The van der Waals surface area contributed by atoms with E-state index in [4.69, 9.17) is 4.98 Å². The Morgan fingerprint density at radius 1 is 1.33 bits per heavy atom. The van der Waals surface area contributed by atoms with E-state index < -0.39 is 0 Å². The van der Waals surface area contributed by atoms with Crippen molar-refractivity contribution in [1.29, 1.82) is 0 Å². The minimum Gasteiger partial charge on any atom is -0.354 e. The number of hydrogen-bond acceptors (Lipinski definition) is 4. The van der Waals surface area contributed by atoms with Crippen LogP contribution >= 0.6 is 0 Å². The molecule has 4 heteroatoms. The number of nitrogens with one attached hydrogen (secondary N) is 1. The number of nitrogens with zero attached hydrogens (tertiary/aromatic N) is 3. The summed E-state index contributed by atoms with van der Waals surface area (Å²) in [7, 11) is 0. The van der Waals surface area contributed by atoms with Crippen molar-refractivity contribution in [3.63, 3.8) is 0 Å². The maximum absolute atomic E-state index is 4.74. The van der Waals surface area contributed by atoms with Crippen LogP contribution in [-0.2, 0) is 6.42 Å². The molecule has 1 unspecified atom stereocenters. The molecule has 0 saturated carbocycles. The van der Waals surface area contributed by atoms with Crippen molar-refractivity contribution in [2.75, 3.05) is 16.8 Å². The van der Waals surface area contributed by atoms with Gasteiger partial charge in [0.1, 0.15) is 5.82 Å². The first-order chi connectivity index (χ1) is 10.2. The highest BCUT2D eigenvalue weighted by molar-refractivity contribution is 5.68. The maximum Gasteiger partial charge on any atom is 0.224 e. The molecule has 1 aromatic heterocycles. The number of para-hydroxylation sites is 1. The van der Waals surface area contributed by atoms with E-state index in [-0.39, 0.29) is 0 Å². The predicted molar refractivity (Wildman–Crippen MR) is 87.3 cm³/mol. The van der Waals surface area contributed by atoms with Gasteiger partial charge in [-0.1, -0.05) is 18.2 Å². The van der Waals surface area contributed by atoms with Gasteiger partial charge in [-0.05, 0) is 45.2 Å². The summed E-state index contributed by atoms with van der Waals surface area (Å²) in [6.07, 6.45) is 4.19. The summed E-state index contributed by atoms with van der Waals surface area (Å²) < 4.78 is 0. The van der Waals surface area contributed by atoms with Crippen LogP contribution < -0.4 is 10.2 Å². The van der Waals surface area contributed by atoms with Gasteiger partial charge in [-0.15, -0.1) is 0 Å². The minimum atomic E-state index is 0.447. The third-order valence-corrected chi connectivity index (χ3v) is 4.03. The van der Waals surface area contributed by atoms with Gasteiger partial charge < -0.3 is 10.2 Å². The van der Waals surface area contributed by atoms with Gasteiger partial charge in [-0.25, -0.2) is 4.98 Å². The van der Waals surface area contributed by atoms with Crippen molar-refractivity contribution < 1.29 is 0 Å². The molecule has 0 aliphatic carbocycles. The SMILES string of the molecule is CCNc1ncc(C)c(N2c3ccccc3CCC2C)n1. The molecule has 1 N–H and O–H groups in total.